The van der Waals surface area contributed by atoms with Crippen LogP contribution in [0.5, 0.6) is 0 Å². The number of aromatic nitrogens is 2. The van der Waals surface area contributed by atoms with Crippen molar-refractivity contribution in [2.75, 3.05) is 4.90 Å². The highest BCUT2D eigenvalue weighted by Gasteiger charge is 2.49. The molecule has 2 aliphatic rings. The Kier molecular flexibility index (Phi) is 5.08. The molecule has 1 fully saturated rings. The number of fused-ring (bicyclic) bond motifs is 1. The number of rotatable bonds is 4. The first kappa shape index (κ1) is 20.8. The maximum Gasteiger partial charge on any atom is 0.277 e. The molecule has 32 heavy (non-hydrogen) atoms. The van der Waals surface area contributed by atoms with Crippen molar-refractivity contribution in [3.8, 4) is 11.5 Å². The van der Waals surface area contributed by atoms with Crippen molar-refractivity contribution < 1.29 is 14.0 Å². The molecule has 3 aromatic rings. The number of carbonyl (C=O) groups is 2. The van der Waals surface area contributed by atoms with E-state index in [2.05, 4.69) is 10.4 Å². The van der Waals surface area contributed by atoms with Gasteiger partial charge in [0.2, 0.25) is 5.91 Å². The Hall–Kier alpha value is -3.06. The molecule has 2 aromatic heterocycles. The van der Waals surface area contributed by atoms with Crippen LogP contribution in [-0.2, 0) is 11.3 Å². The van der Waals surface area contributed by atoms with E-state index in [-0.39, 0.29) is 24.4 Å². The summed E-state index contributed by atoms with van der Waals surface area (Å²) >= 11 is 6.17. The van der Waals surface area contributed by atoms with E-state index in [4.69, 9.17) is 16.0 Å². The Morgan fingerprint density at radius 1 is 1.25 bits per heavy atom. The second-order valence-corrected chi connectivity index (χ2v) is 9.29. The minimum Gasteiger partial charge on any atom is -0.463 e. The van der Waals surface area contributed by atoms with E-state index in [1.807, 2.05) is 6.92 Å². The van der Waals surface area contributed by atoms with Gasteiger partial charge >= 0.3 is 0 Å². The largest absolute Gasteiger partial charge is 0.463 e. The first-order valence-electron chi connectivity index (χ1n) is 10.9. The molecule has 1 unspecified atom stereocenters. The summed E-state index contributed by atoms with van der Waals surface area (Å²) in [5, 5.41) is 8.36. The van der Waals surface area contributed by atoms with Crippen molar-refractivity contribution in [1.29, 1.82) is 0 Å². The van der Waals surface area contributed by atoms with Crippen LogP contribution in [0.4, 0.5) is 5.69 Å². The molecule has 7 nitrogen and oxygen atoms in total. The van der Waals surface area contributed by atoms with E-state index < -0.39 is 5.54 Å². The van der Waals surface area contributed by atoms with Gasteiger partial charge in [-0.05, 0) is 62.6 Å². The van der Waals surface area contributed by atoms with E-state index in [1.54, 1.807) is 59.2 Å². The van der Waals surface area contributed by atoms with Crippen molar-refractivity contribution in [3.63, 3.8) is 0 Å². The third-order valence-electron chi connectivity index (χ3n) is 6.51. The van der Waals surface area contributed by atoms with Crippen molar-refractivity contribution in [1.82, 2.24) is 15.1 Å². The summed E-state index contributed by atoms with van der Waals surface area (Å²) in [6.07, 6.45) is 5.71. The van der Waals surface area contributed by atoms with Crippen LogP contribution in [0.3, 0.4) is 0 Å². The van der Waals surface area contributed by atoms with Crippen molar-refractivity contribution in [2.45, 2.75) is 57.7 Å². The van der Waals surface area contributed by atoms with Crippen LogP contribution in [0.25, 0.3) is 11.5 Å². The summed E-state index contributed by atoms with van der Waals surface area (Å²) < 4.78 is 7.09. The van der Waals surface area contributed by atoms with Crippen LogP contribution in [0.15, 0.2) is 47.1 Å². The molecule has 0 bridgehead atoms. The molecule has 1 aliphatic carbocycles. The number of hydrogen-bond acceptors (Lipinski definition) is 4. The number of halogens is 1. The Morgan fingerprint density at radius 2 is 2.03 bits per heavy atom. The SMILES string of the molecule is Cc1cc(Cl)ccc1N1C(=O)c2cc(-c3ccco3)nn2CC1(C)C(=O)NC1CCCC1. The van der Waals surface area contributed by atoms with E-state index in [0.717, 1.165) is 31.2 Å². The smallest absolute Gasteiger partial charge is 0.277 e. The number of nitrogens with one attached hydrogen (secondary N) is 1. The van der Waals surface area contributed by atoms with Crippen LogP contribution in [0.1, 0.15) is 48.7 Å². The number of benzene rings is 1. The van der Waals surface area contributed by atoms with E-state index in [9.17, 15) is 9.59 Å². The minimum atomic E-state index is -1.16. The zero-order valence-corrected chi connectivity index (χ0v) is 18.9. The van der Waals surface area contributed by atoms with Gasteiger partial charge in [0.15, 0.2) is 5.76 Å². The van der Waals surface area contributed by atoms with Crippen molar-refractivity contribution in [3.05, 3.63) is 58.9 Å². The topological polar surface area (TPSA) is 80.4 Å². The van der Waals surface area contributed by atoms with Crippen LogP contribution in [-0.4, -0.2) is 33.2 Å². The average molecular weight is 453 g/mol. The van der Waals surface area contributed by atoms with Crippen LogP contribution in [0, 0.1) is 6.92 Å². The lowest BCUT2D eigenvalue weighted by atomic mass is 9.92. The van der Waals surface area contributed by atoms with Crippen LogP contribution in [0.2, 0.25) is 5.02 Å². The lowest BCUT2D eigenvalue weighted by Gasteiger charge is -2.44. The van der Waals surface area contributed by atoms with Gasteiger partial charge in [0.25, 0.3) is 5.91 Å². The van der Waals surface area contributed by atoms with Crippen LogP contribution >= 0.6 is 11.6 Å². The second kappa shape index (κ2) is 7.81. The van der Waals surface area contributed by atoms with Gasteiger partial charge in [0.05, 0.1) is 12.8 Å². The van der Waals surface area contributed by atoms with Crippen molar-refractivity contribution >= 4 is 29.1 Å². The third-order valence-corrected chi connectivity index (χ3v) is 6.74. The molecule has 1 aromatic carbocycles. The second-order valence-electron chi connectivity index (χ2n) is 8.85. The normalized spacial score (nSPS) is 21.1. The predicted octanol–water partition coefficient (Wildman–Crippen LogP) is 4.58. The standard InChI is InChI=1S/C24H25ClN4O3/c1-15-12-16(25)9-10-19(15)29-22(30)20-13-18(21-8-5-11-32-21)27-28(20)14-24(29,2)23(31)26-17-6-3-4-7-17/h5,8-13,17H,3-4,6-7,14H2,1-2H3,(H,26,31). The summed E-state index contributed by atoms with van der Waals surface area (Å²) in [6, 6.07) is 10.8. The fourth-order valence-corrected chi connectivity index (χ4v) is 5.01. The highest BCUT2D eigenvalue weighted by atomic mass is 35.5. The van der Waals surface area contributed by atoms with Gasteiger partial charge in [-0.3, -0.25) is 19.2 Å². The predicted molar refractivity (Wildman–Crippen MR) is 122 cm³/mol. The molecule has 1 atom stereocenters. The summed E-state index contributed by atoms with van der Waals surface area (Å²) in [5.41, 5.74) is 1.31. The first-order valence-corrected chi connectivity index (χ1v) is 11.3. The molecule has 3 heterocycles. The lowest BCUT2D eigenvalue weighted by molar-refractivity contribution is -0.127. The molecule has 1 aliphatic heterocycles. The van der Waals surface area contributed by atoms with E-state index >= 15 is 0 Å². The highest BCUT2D eigenvalue weighted by molar-refractivity contribution is 6.30. The third kappa shape index (κ3) is 3.41. The molecule has 1 saturated carbocycles. The molecular formula is C24H25ClN4O3. The lowest BCUT2D eigenvalue weighted by Crippen LogP contribution is -2.65. The van der Waals surface area contributed by atoms with Gasteiger partial charge in [0.1, 0.15) is 16.9 Å². The first-order chi connectivity index (χ1) is 15.4. The summed E-state index contributed by atoms with van der Waals surface area (Å²) in [5.74, 6) is 0.120. The Labute approximate surface area is 191 Å². The van der Waals surface area contributed by atoms with Gasteiger partial charge in [-0.2, -0.15) is 5.10 Å². The van der Waals surface area contributed by atoms with Crippen LogP contribution < -0.4 is 10.2 Å². The molecule has 0 radical (unpaired) electrons. The highest BCUT2D eigenvalue weighted by Crippen LogP contribution is 2.37. The fourth-order valence-electron chi connectivity index (χ4n) is 4.78. The summed E-state index contributed by atoms with van der Waals surface area (Å²) in [6.45, 7) is 3.93. The van der Waals surface area contributed by atoms with E-state index in [1.165, 1.54) is 0 Å². The van der Waals surface area contributed by atoms with Gasteiger partial charge in [-0.15, -0.1) is 0 Å². The molecule has 0 spiro atoms. The number of nitrogens with zero attached hydrogens (tertiary/aromatic N) is 3. The number of amides is 2. The average Bonchev–Trinajstić information content (AvgIpc) is 3.50. The van der Waals surface area contributed by atoms with E-state index in [0.29, 0.717) is 27.9 Å². The molecular weight excluding hydrogens is 428 g/mol. The molecule has 166 valence electrons. The zero-order chi connectivity index (χ0) is 22.5. The fraction of sp³-hybridized carbons (Fsp3) is 0.375. The minimum absolute atomic E-state index is 0.139. The van der Waals surface area contributed by atoms with Gasteiger partial charge in [-0.1, -0.05) is 24.4 Å². The van der Waals surface area contributed by atoms with Gasteiger partial charge < -0.3 is 9.73 Å². The monoisotopic (exact) mass is 452 g/mol. The summed E-state index contributed by atoms with van der Waals surface area (Å²) in [7, 11) is 0. The summed E-state index contributed by atoms with van der Waals surface area (Å²) in [4.78, 5) is 29.1. The van der Waals surface area contributed by atoms with Gasteiger partial charge in [-0.25, -0.2) is 0 Å². The van der Waals surface area contributed by atoms with Gasteiger partial charge in [0, 0.05) is 22.8 Å². The molecule has 1 N–H and O–H groups in total. The zero-order valence-electron chi connectivity index (χ0n) is 18.1. The number of hydrogen-bond donors (Lipinski definition) is 1. The molecule has 8 heteroatoms. The molecule has 0 saturated heterocycles. The Bertz CT molecular complexity index is 1180. The molecule has 5 rings (SSSR count). The Balaban J connectivity index is 1.60. The molecule has 2 amide bonds. The number of carbonyl (C=O) groups excluding carboxylic acids is 2. The number of aryl methyl sites for hydroxylation is 1. The maximum atomic E-state index is 13.8. The number of anilines is 1. The quantitative estimate of drug-likeness (QED) is 0.628. The maximum absolute atomic E-state index is 13.8. The van der Waals surface area contributed by atoms with Crippen molar-refractivity contribution in [2.24, 2.45) is 0 Å². The Morgan fingerprint density at radius 3 is 2.72 bits per heavy atom. The number of furan rings is 1.